The van der Waals surface area contributed by atoms with Crippen molar-refractivity contribution in [2.24, 2.45) is 0 Å². The van der Waals surface area contributed by atoms with Crippen LogP contribution in [-0.4, -0.2) is 52.9 Å². The van der Waals surface area contributed by atoms with E-state index in [-0.39, 0.29) is 5.91 Å². The van der Waals surface area contributed by atoms with Crippen molar-refractivity contribution in [3.63, 3.8) is 0 Å². The smallest absolute Gasteiger partial charge is 0.272 e. The maximum atomic E-state index is 13.2. The zero-order valence-electron chi connectivity index (χ0n) is 15.8. The molecule has 0 bridgehead atoms. The van der Waals surface area contributed by atoms with E-state index in [4.69, 9.17) is 0 Å². The highest BCUT2D eigenvalue weighted by Crippen LogP contribution is 2.41. The molecule has 144 valence electrons. The maximum Gasteiger partial charge on any atom is 0.272 e. The van der Waals surface area contributed by atoms with E-state index < -0.39 is 0 Å². The first-order chi connectivity index (χ1) is 13.7. The molecule has 28 heavy (non-hydrogen) atoms. The zero-order valence-corrected chi connectivity index (χ0v) is 17.4. The second-order valence-corrected chi connectivity index (χ2v) is 9.54. The highest BCUT2D eigenvalue weighted by atomic mass is 32.2. The van der Waals surface area contributed by atoms with Gasteiger partial charge in [0.1, 0.15) is 5.69 Å². The minimum absolute atomic E-state index is 0.0842. The largest absolute Gasteiger partial charge is 0.368 e. The molecule has 1 saturated heterocycles. The fourth-order valence-corrected chi connectivity index (χ4v) is 6.04. The molecule has 1 fully saturated rings. The van der Waals surface area contributed by atoms with Gasteiger partial charge in [-0.15, -0.1) is 23.1 Å². The Labute approximate surface area is 172 Å². The number of H-pyrrole nitrogens is 1. The second kappa shape index (κ2) is 7.29. The molecule has 2 aromatic heterocycles. The molecule has 0 aliphatic carbocycles. The summed E-state index contributed by atoms with van der Waals surface area (Å²) >= 11 is 3.62. The van der Waals surface area contributed by atoms with E-state index in [1.807, 2.05) is 16.7 Å². The summed E-state index contributed by atoms with van der Waals surface area (Å²) in [4.78, 5) is 17.5. The average molecular weight is 411 g/mol. The number of carbonyl (C=O) groups is 1. The van der Waals surface area contributed by atoms with Crippen LogP contribution < -0.4 is 4.90 Å². The quantitative estimate of drug-likeness (QED) is 0.692. The van der Waals surface area contributed by atoms with Crippen molar-refractivity contribution >= 4 is 34.7 Å². The van der Waals surface area contributed by atoms with Gasteiger partial charge >= 0.3 is 0 Å². The minimum Gasteiger partial charge on any atom is -0.368 e. The Morgan fingerprint density at radius 2 is 1.89 bits per heavy atom. The SMILES string of the molecule is Cc1ccc(N2CCN(C(=O)c3[nH]nc4c3CCSc3sccc3-4)CC2)cc1. The van der Waals surface area contributed by atoms with Crippen LogP contribution in [0.2, 0.25) is 0 Å². The number of hydrogen-bond donors (Lipinski definition) is 1. The number of benzene rings is 1. The fraction of sp³-hybridized carbons (Fsp3) is 0.333. The van der Waals surface area contributed by atoms with Crippen LogP contribution in [0.5, 0.6) is 0 Å². The van der Waals surface area contributed by atoms with E-state index in [2.05, 4.69) is 57.7 Å². The Morgan fingerprint density at radius 3 is 2.68 bits per heavy atom. The predicted octanol–water partition coefficient (Wildman–Crippen LogP) is 4.06. The maximum absolute atomic E-state index is 13.2. The first-order valence-corrected chi connectivity index (χ1v) is 11.5. The topological polar surface area (TPSA) is 52.2 Å². The first-order valence-electron chi connectivity index (χ1n) is 9.59. The lowest BCUT2D eigenvalue weighted by atomic mass is 10.1. The van der Waals surface area contributed by atoms with Crippen molar-refractivity contribution < 1.29 is 4.79 Å². The van der Waals surface area contributed by atoms with Crippen LogP contribution in [0.15, 0.2) is 39.9 Å². The molecule has 5 nitrogen and oxygen atoms in total. The summed E-state index contributed by atoms with van der Waals surface area (Å²) in [5.74, 6) is 1.07. The van der Waals surface area contributed by atoms with Gasteiger partial charge in [0.15, 0.2) is 0 Å². The molecule has 0 unspecified atom stereocenters. The number of thioether (sulfide) groups is 1. The van der Waals surface area contributed by atoms with E-state index in [0.29, 0.717) is 5.69 Å². The Kier molecular flexibility index (Phi) is 4.64. The van der Waals surface area contributed by atoms with Gasteiger partial charge in [-0.2, -0.15) is 5.10 Å². The van der Waals surface area contributed by atoms with Crippen molar-refractivity contribution in [2.75, 3.05) is 36.8 Å². The van der Waals surface area contributed by atoms with E-state index >= 15 is 0 Å². The molecule has 1 aromatic carbocycles. The molecule has 0 spiro atoms. The number of amides is 1. The van der Waals surface area contributed by atoms with Crippen LogP contribution in [0.25, 0.3) is 11.3 Å². The van der Waals surface area contributed by atoms with E-state index in [0.717, 1.165) is 49.6 Å². The molecule has 5 rings (SSSR count). The lowest BCUT2D eigenvalue weighted by molar-refractivity contribution is 0.0740. The number of aromatic nitrogens is 2. The van der Waals surface area contributed by atoms with Crippen molar-refractivity contribution in [1.82, 2.24) is 15.1 Å². The summed E-state index contributed by atoms with van der Waals surface area (Å²) in [6.45, 7) is 5.29. The van der Waals surface area contributed by atoms with Gasteiger partial charge in [0.05, 0.1) is 9.90 Å². The predicted molar refractivity (Wildman–Crippen MR) is 116 cm³/mol. The van der Waals surface area contributed by atoms with Gasteiger partial charge in [-0.1, -0.05) is 17.7 Å². The summed E-state index contributed by atoms with van der Waals surface area (Å²) in [7, 11) is 0. The molecule has 4 heterocycles. The van der Waals surface area contributed by atoms with Gasteiger partial charge in [-0.25, -0.2) is 0 Å². The number of hydrogen-bond acceptors (Lipinski definition) is 5. The number of anilines is 1. The highest BCUT2D eigenvalue weighted by Gasteiger charge is 2.29. The van der Waals surface area contributed by atoms with Gasteiger partial charge in [0, 0.05) is 48.7 Å². The highest BCUT2D eigenvalue weighted by molar-refractivity contribution is 8.01. The van der Waals surface area contributed by atoms with E-state index in [1.54, 1.807) is 11.3 Å². The molecule has 7 heteroatoms. The summed E-state index contributed by atoms with van der Waals surface area (Å²) in [6, 6.07) is 10.7. The molecule has 0 radical (unpaired) electrons. The third-order valence-electron chi connectivity index (χ3n) is 5.52. The van der Waals surface area contributed by atoms with Crippen molar-refractivity contribution in [1.29, 1.82) is 0 Å². The van der Waals surface area contributed by atoms with Gasteiger partial charge in [-0.3, -0.25) is 9.89 Å². The second-order valence-electron chi connectivity index (χ2n) is 7.26. The van der Waals surface area contributed by atoms with E-state index in [9.17, 15) is 4.79 Å². The number of nitrogens with zero attached hydrogens (tertiary/aromatic N) is 3. The number of rotatable bonds is 2. The summed E-state index contributed by atoms with van der Waals surface area (Å²) in [5, 5.41) is 9.69. The molecule has 1 amide bonds. The summed E-state index contributed by atoms with van der Waals surface area (Å²) in [5.41, 5.74) is 6.39. The van der Waals surface area contributed by atoms with Crippen LogP contribution in [0.1, 0.15) is 21.6 Å². The van der Waals surface area contributed by atoms with Crippen LogP contribution >= 0.6 is 23.1 Å². The Balaban J connectivity index is 1.33. The first kappa shape index (κ1) is 17.8. The molecule has 0 saturated carbocycles. The standard InChI is InChI=1S/C21H22N4OS2/c1-14-2-4-15(5-3-14)24-8-10-25(11-9-24)20(26)19-16-6-12-27-21-17(7-13-28-21)18(16)22-23-19/h2-5,7,13H,6,8-12H2,1H3,(H,22,23). The number of aromatic amines is 1. The summed E-state index contributed by atoms with van der Waals surface area (Å²) < 4.78 is 1.30. The molecule has 0 atom stereocenters. The van der Waals surface area contributed by atoms with Gasteiger partial charge in [-0.05, 0) is 36.9 Å². The zero-order chi connectivity index (χ0) is 19.1. The lowest BCUT2D eigenvalue weighted by Crippen LogP contribution is -2.49. The molecule has 3 aromatic rings. The number of fused-ring (bicyclic) bond motifs is 3. The number of nitrogens with one attached hydrogen (secondary N) is 1. The number of piperazine rings is 1. The number of thiophene rings is 1. The minimum atomic E-state index is 0.0842. The average Bonchev–Trinajstić information content (AvgIpc) is 3.32. The molecule has 2 aliphatic rings. The van der Waals surface area contributed by atoms with Crippen LogP contribution in [0.3, 0.4) is 0 Å². The Morgan fingerprint density at radius 1 is 1.11 bits per heavy atom. The fourth-order valence-electron chi connectivity index (χ4n) is 3.92. The summed E-state index contributed by atoms with van der Waals surface area (Å²) in [6.07, 6.45) is 0.877. The van der Waals surface area contributed by atoms with Gasteiger partial charge in [0.2, 0.25) is 0 Å². The molecular weight excluding hydrogens is 388 g/mol. The number of carbonyl (C=O) groups excluding carboxylic acids is 1. The third kappa shape index (κ3) is 3.12. The monoisotopic (exact) mass is 410 g/mol. The Hall–Kier alpha value is -2.25. The number of aryl methyl sites for hydroxylation is 1. The molecular formula is C21H22N4OS2. The Bertz CT molecular complexity index is 1000. The van der Waals surface area contributed by atoms with Gasteiger partial charge < -0.3 is 9.80 Å². The van der Waals surface area contributed by atoms with Crippen LogP contribution in [0, 0.1) is 6.92 Å². The van der Waals surface area contributed by atoms with Crippen molar-refractivity contribution in [3.8, 4) is 11.3 Å². The van der Waals surface area contributed by atoms with Crippen molar-refractivity contribution in [3.05, 3.63) is 52.5 Å². The normalized spacial score (nSPS) is 16.5. The van der Waals surface area contributed by atoms with E-state index in [1.165, 1.54) is 21.0 Å². The van der Waals surface area contributed by atoms with Crippen molar-refractivity contribution in [2.45, 2.75) is 17.6 Å². The van der Waals surface area contributed by atoms with Crippen LogP contribution in [0.4, 0.5) is 5.69 Å². The lowest BCUT2D eigenvalue weighted by Gasteiger charge is -2.36. The molecule has 2 aliphatic heterocycles. The third-order valence-corrected chi connectivity index (χ3v) is 7.76. The van der Waals surface area contributed by atoms with Gasteiger partial charge in [0.25, 0.3) is 5.91 Å². The van der Waals surface area contributed by atoms with Crippen LogP contribution in [-0.2, 0) is 6.42 Å². The molecule has 1 N–H and O–H groups in total.